The van der Waals surface area contributed by atoms with Crippen LogP contribution < -0.4 is 4.90 Å². The maximum Gasteiger partial charge on any atom is 0.154 e. The first-order valence-corrected chi connectivity index (χ1v) is 11.1. The highest BCUT2D eigenvalue weighted by atomic mass is 16.5. The third-order valence-corrected chi connectivity index (χ3v) is 6.22. The Bertz CT molecular complexity index is 1280. The van der Waals surface area contributed by atoms with E-state index in [9.17, 15) is 0 Å². The number of morpholine rings is 1. The largest absolute Gasteiger partial charge is 0.366 e. The standard InChI is InChI=1S/C24H28N6O/c1-23(2)13-29(14-24(3,4)31-23)21-10-9-20-25-12-19(30(20)28-21)16-7-8-18-17(11-16)22(27-26-18)15-5-6-15/h7-12,15H,5-6,13-14H2,1-4H3,(H,26,27). The molecule has 0 bridgehead atoms. The summed E-state index contributed by atoms with van der Waals surface area (Å²) < 4.78 is 8.21. The number of nitrogens with zero attached hydrogens (tertiary/aromatic N) is 5. The molecule has 2 fully saturated rings. The number of hydrogen-bond donors (Lipinski definition) is 1. The van der Waals surface area contributed by atoms with Gasteiger partial charge in [-0.15, -0.1) is 5.10 Å². The number of nitrogens with one attached hydrogen (secondary N) is 1. The number of hydrogen-bond acceptors (Lipinski definition) is 5. The maximum atomic E-state index is 6.25. The third-order valence-electron chi connectivity index (χ3n) is 6.22. The van der Waals surface area contributed by atoms with Crippen LogP contribution in [-0.2, 0) is 4.74 Å². The van der Waals surface area contributed by atoms with Gasteiger partial charge in [-0.2, -0.15) is 5.10 Å². The summed E-state index contributed by atoms with van der Waals surface area (Å²) in [5, 5.41) is 14.0. The van der Waals surface area contributed by atoms with Gasteiger partial charge in [-0.1, -0.05) is 6.07 Å². The topological polar surface area (TPSA) is 71.3 Å². The van der Waals surface area contributed by atoms with E-state index in [1.165, 1.54) is 23.9 Å². The van der Waals surface area contributed by atoms with Crippen molar-refractivity contribution in [3.63, 3.8) is 0 Å². The molecule has 31 heavy (non-hydrogen) atoms. The van der Waals surface area contributed by atoms with Gasteiger partial charge in [0.1, 0.15) is 5.82 Å². The molecule has 0 spiro atoms. The Balaban J connectivity index is 1.43. The quantitative estimate of drug-likeness (QED) is 0.531. The average Bonchev–Trinajstić information content (AvgIpc) is 3.31. The molecule has 1 N–H and O–H groups in total. The van der Waals surface area contributed by atoms with E-state index < -0.39 is 0 Å². The Hall–Kier alpha value is -2.93. The number of aromatic nitrogens is 5. The van der Waals surface area contributed by atoms with Crippen molar-refractivity contribution in [2.45, 2.75) is 57.7 Å². The minimum atomic E-state index is -0.234. The van der Waals surface area contributed by atoms with Crippen LogP contribution in [0, 0.1) is 0 Å². The molecule has 6 rings (SSSR count). The Kier molecular flexibility index (Phi) is 3.82. The molecule has 0 atom stereocenters. The lowest BCUT2D eigenvalue weighted by atomic mass is 9.99. The summed E-state index contributed by atoms with van der Waals surface area (Å²) in [5.74, 6) is 1.54. The number of rotatable bonds is 3. The predicted octanol–water partition coefficient (Wildman–Crippen LogP) is 4.54. The van der Waals surface area contributed by atoms with E-state index in [-0.39, 0.29) is 11.2 Å². The van der Waals surface area contributed by atoms with E-state index in [0.717, 1.165) is 41.3 Å². The van der Waals surface area contributed by atoms with Gasteiger partial charge in [0.25, 0.3) is 0 Å². The van der Waals surface area contributed by atoms with Gasteiger partial charge in [0.15, 0.2) is 5.65 Å². The van der Waals surface area contributed by atoms with Crippen LogP contribution in [0.15, 0.2) is 36.5 Å². The number of H-pyrrole nitrogens is 1. The Morgan fingerprint density at radius 3 is 2.55 bits per heavy atom. The molecular formula is C24H28N6O. The molecule has 0 unspecified atom stereocenters. The van der Waals surface area contributed by atoms with Crippen molar-refractivity contribution in [3.8, 4) is 11.3 Å². The van der Waals surface area contributed by atoms with Gasteiger partial charge >= 0.3 is 0 Å². The summed E-state index contributed by atoms with van der Waals surface area (Å²) in [6, 6.07) is 10.6. The molecule has 7 nitrogen and oxygen atoms in total. The Morgan fingerprint density at radius 1 is 1.03 bits per heavy atom. The number of anilines is 1. The lowest BCUT2D eigenvalue weighted by Gasteiger charge is -2.47. The highest BCUT2D eigenvalue weighted by molar-refractivity contribution is 5.87. The molecular weight excluding hydrogens is 388 g/mol. The predicted molar refractivity (Wildman–Crippen MR) is 122 cm³/mol. The van der Waals surface area contributed by atoms with Crippen LogP contribution in [0.1, 0.15) is 52.1 Å². The molecule has 1 saturated heterocycles. The third kappa shape index (κ3) is 3.28. The van der Waals surface area contributed by atoms with Gasteiger partial charge < -0.3 is 9.64 Å². The number of fused-ring (bicyclic) bond motifs is 2. The molecule has 4 heterocycles. The number of aromatic amines is 1. The van der Waals surface area contributed by atoms with Crippen molar-refractivity contribution in [2.75, 3.05) is 18.0 Å². The van der Waals surface area contributed by atoms with Crippen molar-refractivity contribution >= 4 is 22.4 Å². The molecule has 2 aliphatic rings. The zero-order valence-electron chi connectivity index (χ0n) is 18.5. The second kappa shape index (κ2) is 6.29. The van der Waals surface area contributed by atoms with Crippen LogP contribution in [0.5, 0.6) is 0 Å². The van der Waals surface area contributed by atoms with Crippen molar-refractivity contribution in [1.82, 2.24) is 24.8 Å². The first-order valence-electron chi connectivity index (χ1n) is 11.1. The monoisotopic (exact) mass is 416 g/mol. The summed E-state index contributed by atoms with van der Waals surface area (Å²) in [6.07, 6.45) is 4.38. The van der Waals surface area contributed by atoms with E-state index in [0.29, 0.717) is 5.92 Å². The van der Waals surface area contributed by atoms with Crippen LogP contribution in [0.25, 0.3) is 27.8 Å². The van der Waals surface area contributed by atoms with Crippen molar-refractivity contribution < 1.29 is 4.74 Å². The smallest absolute Gasteiger partial charge is 0.154 e. The second-order valence-corrected chi connectivity index (χ2v) is 10.2. The van der Waals surface area contributed by atoms with Gasteiger partial charge in [0.05, 0.1) is 34.3 Å². The fourth-order valence-corrected chi connectivity index (χ4v) is 5.04. The summed E-state index contributed by atoms with van der Waals surface area (Å²) in [6.45, 7) is 10.1. The van der Waals surface area contributed by atoms with Gasteiger partial charge in [0, 0.05) is 30.0 Å². The summed E-state index contributed by atoms with van der Waals surface area (Å²) in [4.78, 5) is 6.93. The van der Waals surface area contributed by atoms with Gasteiger partial charge in [-0.05, 0) is 64.8 Å². The van der Waals surface area contributed by atoms with Crippen LogP contribution >= 0.6 is 0 Å². The zero-order valence-corrected chi connectivity index (χ0v) is 18.5. The van der Waals surface area contributed by atoms with E-state index in [1.54, 1.807) is 0 Å². The van der Waals surface area contributed by atoms with E-state index in [1.807, 2.05) is 16.8 Å². The average molecular weight is 417 g/mol. The van der Waals surface area contributed by atoms with Crippen LogP contribution in [0.2, 0.25) is 0 Å². The van der Waals surface area contributed by atoms with Crippen LogP contribution in [-0.4, -0.2) is 49.1 Å². The van der Waals surface area contributed by atoms with Crippen LogP contribution in [0.4, 0.5) is 5.82 Å². The summed E-state index contributed by atoms with van der Waals surface area (Å²) in [7, 11) is 0. The van der Waals surface area contributed by atoms with Gasteiger partial charge in [-0.25, -0.2) is 9.50 Å². The van der Waals surface area contributed by atoms with Gasteiger partial charge in [-0.3, -0.25) is 5.10 Å². The molecule has 0 radical (unpaired) electrons. The fourth-order valence-electron chi connectivity index (χ4n) is 5.04. The number of imidazole rings is 1. The molecule has 0 amide bonds. The SMILES string of the molecule is CC1(C)CN(c2ccc3ncc(-c4ccc5[nH]nc(C6CC6)c5c4)n3n2)CC(C)(C)O1. The molecule has 160 valence electrons. The lowest BCUT2D eigenvalue weighted by molar-refractivity contribution is -0.133. The van der Waals surface area contributed by atoms with E-state index >= 15 is 0 Å². The molecule has 1 saturated carbocycles. The molecule has 1 aliphatic carbocycles. The van der Waals surface area contributed by atoms with Crippen molar-refractivity contribution in [2.24, 2.45) is 0 Å². The van der Waals surface area contributed by atoms with Crippen molar-refractivity contribution in [3.05, 3.63) is 42.2 Å². The molecule has 4 aromatic rings. The minimum Gasteiger partial charge on any atom is -0.366 e. The molecule has 7 heteroatoms. The molecule has 1 aromatic carbocycles. The normalized spacial score (nSPS) is 20.6. The van der Waals surface area contributed by atoms with Gasteiger partial charge in [0.2, 0.25) is 0 Å². The highest BCUT2D eigenvalue weighted by Gasteiger charge is 2.38. The van der Waals surface area contributed by atoms with Crippen LogP contribution in [0.3, 0.4) is 0 Å². The zero-order chi connectivity index (χ0) is 21.4. The second-order valence-electron chi connectivity index (χ2n) is 10.2. The minimum absolute atomic E-state index is 0.234. The number of benzene rings is 1. The highest BCUT2D eigenvalue weighted by Crippen LogP contribution is 2.42. The summed E-state index contributed by atoms with van der Waals surface area (Å²) in [5.41, 5.74) is 4.76. The number of ether oxygens (including phenoxy) is 1. The van der Waals surface area contributed by atoms with Crippen molar-refractivity contribution in [1.29, 1.82) is 0 Å². The first kappa shape index (κ1) is 18.8. The Morgan fingerprint density at radius 2 is 1.81 bits per heavy atom. The molecule has 1 aliphatic heterocycles. The first-order chi connectivity index (χ1) is 14.8. The maximum absolute atomic E-state index is 6.25. The molecule has 3 aromatic heterocycles. The van der Waals surface area contributed by atoms with E-state index in [2.05, 4.69) is 72.0 Å². The lowest BCUT2D eigenvalue weighted by Crippen LogP contribution is -2.57. The fraction of sp³-hybridized carbons (Fsp3) is 0.458. The Labute approximate surface area is 181 Å². The van der Waals surface area contributed by atoms with E-state index in [4.69, 9.17) is 9.84 Å². The summed E-state index contributed by atoms with van der Waals surface area (Å²) >= 11 is 0.